The summed E-state index contributed by atoms with van der Waals surface area (Å²) in [4.78, 5) is 0. The van der Waals surface area contributed by atoms with Crippen molar-refractivity contribution in [3.8, 4) is 0 Å². The second kappa shape index (κ2) is 7.57. The normalized spacial score (nSPS) is 13.5. The van der Waals surface area contributed by atoms with E-state index in [0.29, 0.717) is 12.1 Å². The van der Waals surface area contributed by atoms with Gasteiger partial charge < -0.3 is 5.32 Å². The van der Waals surface area contributed by atoms with Gasteiger partial charge in [0.1, 0.15) is 0 Å². The van der Waals surface area contributed by atoms with Crippen molar-refractivity contribution in [3.63, 3.8) is 0 Å². The van der Waals surface area contributed by atoms with Crippen molar-refractivity contribution in [2.24, 2.45) is 5.92 Å². The van der Waals surface area contributed by atoms with Gasteiger partial charge in [-0.2, -0.15) is 5.10 Å². The van der Waals surface area contributed by atoms with Gasteiger partial charge in [0.25, 0.3) is 0 Å². The van der Waals surface area contributed by atoms with Gasteiger partial charge in [-0.15, -0.1) is 0 Å². The van der Waals surface area contributed by atoms with Crippen molar-refractivity contribution >= 4 is 0 Å². The van der Waals surface area contributed by atoms with Crippen molar-refractivity contribution in [3.05, 3.63) is 18.0 Å². The summed E-state index contributed by atoms with van der Waals surface area (Å²) in [7, 11) is 0. The maximum absolute atomic E-state index is 4.64. The van der Waals surface area contributed by atoms with Gasteiger partial charge in [-0.3, -0.25) is 4.68 Å². The van der Waals surface area contributed by atoms with Gasteiger partial charge >= 0.3 is 0 Å². The molecule has 1 rings (SSSR count). The molecule has 0 radical (unpaired) electrons. The number of aromatic nitrogens is 2. The van der Waals surface area contributed by atoms with E-state index in [0.717, 1.165) is 18.9 Å². The van der Waals surface area contributed by atoms with Crippen molar-refractivity contribution in [2.75, 3.05) is 6.54 Å². The summed E-state index contributed by atoms with van der Waals surface area (Å²) in [6, 6.07) is 3.17. The zero-order valence-corrected chi connectivity index (χ0v) is 12.6. The molecule has 3 heteroatoms. The number of hydrogen-bond acceptors (Lipinski definition) is 2. The van der Waals surface area contributed by atoms with Gasteiger partial charge in [-0.1, -0.05) is 20.8 Å². The summed E-state index contributed by atoms with van der Waals surface area (Å²) < 4.78 is 2.04. The SMILES string of the molecule is CCNC(CCC(C)C)Cc1ccn(C(C)C)n1. The van der Waals surface area contributed by atoms with Crippen LogP contribution in [0.1, 0.15) is 59.2 Å². The third-order valence-corrected chi connectivity index (χ3v) is 3.23. The average Bonchev–Trinajstić information content (AvgIpc) is 2.75. The predicted octanol–water partition coefficient (Wildman–Crippen LogP) is 3.42. The molecule has 1 N–H and O–H groups in total. The number of likely N-dealkylation sites (N-methyl/N-ethyl adjacent to an activating group) is 1. The number of nitrogens with one attached hydrogen (secondary N) is 1. The largest absolute Gasteiger partial charge is 0.314 e. The Labute approximate surface area is 112 Å². The highest BCUT2D eigenvalue weighted by atomic mass is 15.3. The van der Waals surface area contributed by atoms with Crippen LogP contribution in [0.2, 0.25) is 0 Å². The van der Waals surface area contributed by atoms with Gasteiger partial charge in [-0.05, 0) is 45.2 Å². The maximum Gasteiger partial charge on any atom is 0.0640 e. The zero-order chi connectivity index (χ0) is 13.5. The van der Waals surface area contributed by atoms with Gasteiger partial charge in [0.15, 0.2) is 0 Å². The van der Waals surface area contributed by atoms with Crippen LogP contribution in [0.3, 0.4) is 0 Å². The molecule has 0 aliphatic carbocycles. The van der Waals surface area contributed by atoms with Crippen LogP contribution in [-0.2, 0) is 6.42 Å². The Morgan fingerprint density at radius 2 is 1.94 bits per heavy atom. The lowest BCUT2D eigenvalue weighted by Crippen LogP contribution is -2.31. The molecule has 1 heterocycles. The Balaban J connectivity index is 2.52. The van der Waals surface area contributed by atoms with Crippen LogP contribution in [0, 0.1) is 5.92 Å². The minimum absolute atomic E-state index is 0.451. The Hall–Kier alpha value is -0.830. The van der Waals surface area contributed by atoms with E-state index < -0.39 is 0 Å². The summed E-state index contributed by atoms with van der Waals surface area (Å²) in [5.41, 5.74) is 1.21. The van der Waals surface area contributed by atoms with Gasteiger partial charge in [0, 0.05) is 24.7 Å². The fraction of sp³-hybridized carbons (Fsp3) is 0.800. The molecule has 0 fully saturated rings. The standard InChI is InChI=1S/C15H29N3/c1-6-16-14(8-7-12(2)3)11-15-9-10-18(17-15)13(4)5/h9-10,12-14,16H,6-8,11H2,1-5H3. The fourth-order valence-corrected chi connectivity index (χ4v) is 2.13. The second-order valence-electron chi connectivity index (χ2n) is 5.81. The molecular weight excluding hydrogens is 222 g/mol. The van der Waals surface area contributed by atoms with E-state index in [2.05, 4.69) is 57.3 Å². The lowest BCUT2D eigenvalue weighted by molar-refractivity contribution is 0.428. The number of nitrogens with zero attached hydrogens (tertiary/aromatic N) is 2. The number of hydrogen-bond donors (Lipinski definition) is 1. The fourth-order valence-electron chi connectivity index (χ4n) is 2.13. The van der Waals surface area contributed by atoms with Crippen molar-refractivity contribution in [1.29, 1.82) is 0 Å². The molecule has 18 heavy (non-hydrogen) atoms. The third-order valence-electron chi connectivity index (χ3n) is 3.23. The average molecular weight is 251 g/mol. The van der Waals surface area contributed by atoms with E-state index >= 15 is 0 Å². The molecule has 0 saturated carbocycles. The first-order chi connectivity index (χ1) is 8.52. The Morgan fingerprint density at radius 3 is 2.44 bits per heavy atom. The maximum atomic E-state index is 4.64. The van der Waals surface area contributed by atoms with E-state index in [1.165, 1.54) is 18.5 Å². The smallest absolute Gasteiger partial charge is 0.0640 e. The van der Waals surface area contributed by atoms with E-state index in [1.807, 2.05) is 4.68 Å². The Bertz CT molecular complexity index is 328. The van der Waals surface area contributed by atoms with E-state index in [-0.39, 0.29) is 0 Å². The molecule has 1 atom stereocenters. The minimum Gasteiger partial charge on any atom is -0.314 e. The van der Waals surface area contributed by atoms with E-state index in [1.54, 1.807) is 0 Å². The van der Waals surface area contributed by atoms with Crippen LogP contribution in [-0.4, -0.2) is 22.4 Å². The molecule has 0 aromatic carbocycles. The molecule has 1 aromatic heterocycles. The highest BCUT2D eigenvalue weighted by Gasteiger charge is 2.11. The van der Waals surface area contributed by atoms with Gasteiger partial charge in [-0.25, -0.2) is 0 Å². The first kappa shape index (κ1) is 15.2. The summed E-state index contributed by atoms with van der Waals surface area (Å²) in [6.07, 6.45) is 5.65. The molecule has 3 nitrogen and oxygen atoms in total. The first-order valence-electron chi connectivity index (χ1n) is 7.30. The molecule has 104 valence electrons. The highest BCUT2D eigenvalue weighted by molar-refractivity contribution is 5.02. The lowest BCUT2D eigenvalue weighted by Gasteiger charge is -2.18. The second-order valence-corrected chi connectivity index (χ2v) is 5.81. The monoisotopic (exact) mass is 251 g/mol. The molecule has 0 aliphatic heterocycles. The Morgan fingerprint density at radius 1 is 1.22 bits per heavy atom. The lowest BCUT2D eigenvalue weighted by atomic mass is 10.00. The van der Waals surface area contributed by atoms with Crippen molar-refractivity contribution in [1.82, 2.24) is 15.1 Å². The molecule has 0 saturated heterocycles. The molecular formula is C15H29N3. The first-order valence-corrected chi connectivity index (χ1v) is 7.30. The van der Waals surface area contributed by atoms with E-state index in [4.69, 9.17) is 0 Å². The molecule has 0 amide bonds. The van der Waals surface area contributed by atoms with E-state index in [9.17, 15) is 0 Å². The summed E-state index contributed by atoms with van der Waals surface area (Å²) in [5.74, 6) is 0.777. The van der Waals surface area contributed by atoms with Crippen LogP contribution in [0.15, 0.2) is 12.3 Å². The molecule has 0 aliphatic rings. The van der Waals surface area contributed by atoms with Crippen LogP contribution < -0.4 is 5.32 Å². The predicted molar refractivity (Wildman–Crippen MR) is 77.9 cm³/mol. The van der Waals surface area contributed by atoms with Crippen LogP contribution in [0.5, 0.6) is 0 Å². The molecule has 1 aromatic rings. The summed E-state index contributed by atoms with van der Waals surface area (Å²) in [6.45, 7) is 12.1. The minimum atomic E-state index is 0.451. The topological polar surface area (TPSA) is 29.9 Å². The summed E-state index contributed by atoms with van der Waals surface area (Å²) in [5, 5.41) is 8.21. The highest BCUT2D eigenvalue weighted by Crippen LogP contribution is 2.12. The molecule has 1 unspecified atom stereocenters. The number of rotatable bonds is 8. The van der Waals surface area contributed by atoms with Gasteiger partial charge in [0.05, 0.1) is 5.69 Å². The quantitative estimate of drug-likeness (QED) is 0.767. The van der Waals surface area contributed by atoms with Gasteiger partial charge in [0.2, 0.25) is 0 Å². The van der Waals surface area contributed by atoms with Crippen LogP contribution in [0.25, 0.3) is 0 Å². The third kappa shape index (κ3) is 5.21. The molecule has 0 spiro atoms. The van der Waals surface area contributed by atoms with Crippen molar-refractivity contribution < 1.29 is 0 Å². The zero-order valence-electron chi connectivity index (χ0n) is 12.6. The molecule has 0 bridgehead atoms. The summed E-state index contributed by atoms with van der Waals surface area (Å²) >= 11 is 0. The van der Waals surface area contributed by atoms with Crippen LogP contribution in [0.4, 0.5) is 0 Å². The Kier molecular flexibility index (Phi) is 6.41. The van der Waals surface area contributed by atoms with Crippen molar-refractivity contribution in [2.45, 2.75) is 66.0 Å². The van der Waals surface area contributed by atoms with Crippen LogP contribution >= 0.6 is 0 Å².